The zero-order valence-corrected chi connectivity index (χ0v) is 16.9. The van der Waals surface area contributed by atoms with Gasteiger partial charge in [0.1, 0.15) is 23.7 Å². The second kappa shape index (κ2) is 8.70. The number of hydrogen-bond donors (Lipinski definition) is 1. The molecule has 11 heteroatoms. The van der Waals surface area contributed by atoms with Gasteiger partial charge in [0, 0.05) is 24.5 Å². The maximum absolute atomic E-state index is 12.9. The molecule has 3 atom stereocenters. The molecule has 0 aromatic heterocycles. The fourth-order valence-corrected chi connectivity index (χ4v) is 4.91. The Kier molecular flexibility index (Phi) is 6.47. The van der Waals surface area contributed by atoms with Gasteiger partial charge in [-0.05, 0) is 36.1 Å². The number of carbonyl (C=O) groups is 2. The minimum Gasteiger partial charge on any atom is -0.456 e. The molecular weight excluding hydrogens is 422 g/mol. The molecule has 0 saturated carbocycles. The predicted octanol–water partition coefficient (Wildman–Crippen LogP) is 1.74. The number of nitro groups is 1. The van der Waals surface area contributed by atoms with Gasteiger partial charge in [-0.15, -0.1) is 24.2 Å². The third-order valence-electron chi connectivity index (χ3n) is 5.07. The van der Waals surface area contributed by atoms with E-state index < -0.39 is 16.9 Å². The first-order valence-corrected chi connectivity index (χ1v) is 9.97. The van der Waals surface area contributed by atoms with Crippen molar-refractivity contribution >= 4 is 41.7 Å². The van der Waals surface area contributed by atoms with Crippen LogP contribution in [0.3, 0.4) is 0 Å². The van der Waals surface area contributed by atoms with Crippen molar-refractivity contribution in [1.29, 1.82) is 0 Å². The minimum absolute atomic E-state index is 0. The predicted molar refractivity (Wildman–Crippen MR) is 107 cm³/mol. The fourth-order valence-electron chi connectivity index (χ4n) is 3.56. The van der Waals surface area contributed by atoms with E-state index in [-0.39, 0.29) is 47.8 Å². The van der Waals surface area contributed by atoms with Crippen LogP contribution in [-0.2, 0) is 25.7 Å². The first kappa shape index (κ1) is 21.6. The smallest absolute Gasteiger partial charge is 0.355 e. The third kappa shape index (κ3) is 3.97. The second-order valence-electron chi connectivity index (χ2n) is 6.81. The molecule has 2 fully saturated rings. The molecule has 156 valence electrons. The average molecular weight is 442 g/mol. The summed E-state index contributed by atoms with van der Waals surface area (Å²) in [6, 6.07) is 5.15. The number of hydrogen-bond acceptors (Lipinski definition) is 8. The SMILES string of the molecule is Cl.NC1C(=O)N2C(C(=O)OCc3ccc([N+](=O)[O-])cc3)=C(C3CCCO3)CSC12. The van der Waals surface area contributed by atoms with E-state index in [2.05, 4.69) is 0 Å². The van der Waals surface area contributed by atoms with E-state index in [1.54, 1.807) is 0 Å². The van der Waals surface area contributed by atoms with E-state index in [0.29, 0.717) is 17.9 Å². The Morgan fingerprint density at radius 1 is 1.38 bits per heavy atom. The van der Waals surface area contributed by atoms with Gasteiger partial charge >= 0.3 is 5.97 Å². The van der Waals surface area contributed by atoms with Crippen molar-refractivity contribution in [3.63, 3.8) is 0 Å². The molecule has 2 saturated heterocycles. The normalized spacial score (nSPS) is 25.8. The summed E-state index contributed by atoms with van der Waals surface area (Å²) in [7, 11) is 0. The summed E-state index contributed by atoms with van der Waals surface area (Å²) in [6.07, 6.45) is 1.51. The number of ether oxygens (including phenoxy) is 2. The van der Waals surface area contributed by atoms with Gasteiger partial charge in [-0.1, -0.05) is 0 Å². The fraction of sp³-hybridized carbons (Fsp3) is 0.444. The first-order valence-electron chi connectivity index (χ1n) is 8.92. The van der Waals surface area contributed by atoms with Crippen LogP contribution in [0.2, 0.25) is 0 Å². The van der Waals surface area contributed by atoms with Crippen molar-refractivity contribution in [3.8, 4) is 0 Å². The number of halogens is 1. The van der Waals surface area contributed by atoms with Gasteiger partial charge in [-0.25, -0.2) is 4.79 Å². The second-order valence-corrected chi connectivity index (χ2v) is 7.92. The lowest BCUT2D eigenvalue weighted by molar-refractivity contribution is -0.384. The van der Waals surface area contributed by atoms with Crippen molar-refractivity contribution in [3.05, 3.63) is 51.2 Å². The lowest BCUT2D eigenvalue weighted by atomic mass is 10.00. The van der Waals surface area contributed by atoms with Crippen molar-refractivity contribution in [2.24, 2.45) is 5.73 Å². The van der Waals surface area contributed by atoms with Crippen molar-refractivity contribution < 1.29 is 24.0 Å². The molecule has 9 nitrogen and oxygen atoms in total. The highest BCUT2D eigenvalue weighted by atomic mass is 35.5. The monoisotopic (exact) mass is 441 g/mol. The quantitative estimate of drug-likeness (QED) is 0.317. The van der Waals surface area contributed by atoms with Crippen LogP contribution in [-0.4, -0.2) is 51.6 Å². The molecule has 1 amide bonds. The third-order valence-corrected chi connectivity index (χ3v) is 6.39. The summed E-state index contributed by atoms with van der Waals surface area (Å²) in [4.78, 5) is 36.8. The van der Waals surface area contributed by atoms with E-state index in [1.807, 2.05) is 0 Å². The number of β-lactam (4-membered cyclic amide) rings is 1. The summed E-state index contributed by atoms with van der Waals surface area (Å²) in [5, 5.41) is 10.5. The van der Waals surface area contributed by atoms with Gasteiger partial charge in [0.25, 0.3) is 5.69 Å². The number of nitrogens with two attached hydrogens (primary N) is 1. The van der Waals surface area contributed by atoms with E-state index in [9.17, 15) is 19.7 Å². The summed E-state index contributed by atoms with van der Waals surface area (Å²) < 4.78 is 11.2. The van der Waals surface area contributed by atoms with Gasteiger partial charge in [0.15, 0.2) is 0 Å². The van der Waals surface area contributed by atoms with Crippen LogP contribution < -0.4 is 5.73 Å². The Bertz CT molecular complexity index is 856. The van der Waals surface area contributed by atoms with Crippen LogP contribution in [0.5, 0.6) is 0 Å². The lowest BCUT2D eigenvalue weighted by Gasteiger charge is -2.48. The highest BCUT2D eigenvalue weighted by Gasteiger charge is 2.53. The number of non-ortho nitro benzene ring substituents is 1. The van der Waals surface area contributed by atoms with Crippen molar-refractivity contribution in [2.45, 2.75) is 37.0 Å². The number of thioether (sulfide) groups is 1. The van der Waals surface area contributed by atoms with E-state index in [0.717, 1.165) is 18.4 Å². The highest BCUT2D eigenvalue weighted by molar-refractivity contribution is 8.00. The summed E-state index contributed by atoms with van der Waals surface area (Å²) >= 11 is 1.53. The zero-order chi connectivity index (χ0) is 19.8. The molecule has 3 aliphatic heterocycles. The molecule has 2 N–H and O–H groups in total. The Labute approximate surface area is 177 Å². The average Bonchev–Trinajstić information content (AvgIpc) is 3.25. The maximum atomic E-state index is 12.9. The molecule has 3 aliphatic rings. The molecule has 0 radical (unpaired) electrons. The highest BCUT2D eigenvalue weighted by Crippen LogP contribution is 2.42. The summed E-state index contributed by atoms with van der Waals surface area (Å²) in [5.74, 6) is -0.334. The van der Waals surface area contributed by atoms with E-state index in [4.69, 9.17) is 15.2 Å². The molecule has 3 unspecified atom stereocenters. The van der Waals surface area contributed by atoms with Crippen LogP contribution in [0.25, 0.3) is 0 Å². The number of amides is 1. The number of fused-ring (bicyclic) bond motifs is 1. The lowest BCUT2D eigenvalue weighted by Crippen LogP contribution is -2.68. The van der Waals surface area contributed by atoms with Gasteiger partial charge in [0.05, 0.1) is 11.0 Å². The molecule has 1 aromatic carbocycles. The van der Waals surface area contributed by atoms with Crippen molar-refractivity contribution in [2.75, 3.05) is 12.4 Å². The Morgan fingerprint density at radius 2 is 2.10 bits per heavy atom. The molecular formula is C18H20ClN3O6S. The maximum Gasteiger partial charge on any atom is 0.355 e. The Balaban J connectivity index is 0.00000240. The molecule has 3 heterocycles. The first-order chi connectivity index (χ1) is 13.5. The molecule has 29 heavy (non-hydrogen) atoms. The number of benzene rings is 1. The van der Waals surface area contributed by atoms with Gasteiger partial charge in [-0.2, -0.15) is 0 Å². The summed E-state index contributed by atoms with van der Waals surface area (Å²) in [5.41, 5.74) is 7.46. The topological polar surface area (TPSA) is 125 Å². The van der Waals surface area contributed by atoms with Crippen LogP contribution in [0, 0.1) is 10.1 Å². The van der Waals surface area contributed by atoms with Gasteiger partial charge < -0.3 is 15.2 Å². The summed E-state index contributed by atoms with van der Waals surface area (Å²) in [6.45, 7) is 0.575. The molecule has 4 rings (SSSR count). The van der Waals surface area contributed by atoms with Gasteiger partial charge in [-0.3, -0.25) is 19.8 Å². The van der Waals surface area contributed by atoms with Gasteiger partial charge in [0.2, 0.25) is 5.91 Å². The van der Waals surface area contributed by atoms with E-state index >= 15 is 0 Å². The Morgan fingerprint density at radius 3 is 2.72 bits per heavy atom. The van der Waals surface area contributed by atoms with Crippen LogP contribution >= 0.6 is 24.2 Å². The van der Waals surface area contributed by atoms with Crippen LogP contribution in [0.1, 0.15) is 18.4 Å². The van der Waals surface area contributed by atoms with Crippen LogP contribution in [0.4, 0.5) is 5.69 Å². The number of rotatable bonds is 5. The van der Waals surface area contributed by atoms with E-state index in [1.165, 1.54) is 40.9 Å². The minimum atomic E-state index is -0.617. The number of nitro benzene ring substituents is 1. The van der Waals surface area contributed by atoms with Crippen LogP contribution in [0.15, 0.2) is 35.5 Å². The Hall–Kier alpha value is -2.14. The molecule has 1 aromatic rings. The largest absolute Gasteiger partial charge is 0.456 e. The molecule has 0 spiro atoms. The molecule has 0 aliphatic carbocycles. The number of nitrogens with zero attached hydrogens (tertiary/aromatic N) is 2. The molecule has 0 bridgehead atoms. The number of carbonyl (C=O) groups excluding carboxylic acids is 2. The van der Waals surface area contributed by atoms with Crippen molar-refractivity contribution in [1.82, 2.24) is 4.90 Å². The number of esters is 1. The zero-order valence-electron chi connectivity index (χ0n) is 15.3. The standard InChI is InChI=1S/C18H19N3O6S.ClH/c19-14-16(22)20-15(12(9-28-17(14)20)13-2-1-7-26-13)18(23)27-8-10-3-5-11(6-4-10)21(24)25;/h3-6,13-14,17H,1-2,7-9,19H2;1H.